The third-order valence-corrected chi connectivity index (χ3v) is 5.30. The molecule has 0 saturated heterocycles. The number of nitrogens with one attached hydrogen (secondary N) is 2. The molecular formula is C28H24N2O3. The van der Waals surface area contributed by atoms with Crippen LogP contribution in [0, 0.1) is 0 Å². The van der Waals surface area contributed by atoms with Crippen LogP contribution in [0.4, 0.5) is 11.4 Å². The largest absolute Gasteiger partial charge is 0.495 e. The van der Waals surface area contributed by atoms with Crippen molar-refractivity contribution >= 4 is 23.2 Å². The van der Waals surface area contributed by atoms with E-state index >= 15 is 0 Å². The summed E-state index contributed by atoms with van der Waals surface area (Å²) in [6, 6.07) is 33.4. The van der Waals surface area contributed by atoms with E-state index in [1.807, 2.05) is 72.8 Å². The van der Waals surface area contributed by atoms with Crippen LogP contribution >= 0.6 is 0 Å². The third-order valence-electron chi connectivity index (χ3n) is 5.30. The van der Waals surface area contributed by atoms with Crippen LogP contribution in [-0.2, 0) is 4.79 Å². The van der Waals surface area contributed by atoms with E-state index in [0.717, 1.165) is 11.1 Å². The highest BCUT2D eigenvalue weighted by Gasteiger charge is 2.22. The van der Waals surface area contributed by atoms with Crippen LogP contribution in [0.1, 0.15) is 27.4 Å². The Morgan fingerprint density at radius 3 is 1.79 bits per heavy atom. The van der Waals surface area contributed by atoms with Crippen LogP contribution in [0.25, 0.3) is 0 Å². The molecule has 0 heterocycles. The molecule has 4 aromatic carbocycles. The maximum absolute atomic E-state index is 13.2. The highest BCUT2D eigenvalue weighted by Crippen LogP contribution is 2.27. The summed E-state index contributed by atoms with van der Waals surface area (Å²) in [7, 11) is 1.56. The maximum atomic E-state index is 13.2. The van der Waals surface area contributed by atoms with Crippen molar-refractivity contribution in [2.24, 2.45) is 0 Å². The van der Waals surface area contributed by atoms with Crippen molar-refractivity contribution in [3.05, 3.63) is 126 Å². The van der Waals surface area contributed by atoms with Crippen molar-refractivity contribution in [1.29, 1.82) is 0 Å². The Bertz CT molecular complexity index is 1180. The number of para-hydroxylation sites is 2. The zero-order chi connectivity index (χ0) is 23.0. The second-order valence-corrected chi connectivity index (χ2v) is 7.48. The van der Waals surface area contributed by atoms with E-state index in [1.54, 1.807) is 43.5 Å². The number of anilines is 2. The minimum atomic E-state index is -0.444. The van der Waals surface area contributed by atoms with Gasteiger partial charge in [-0.15, -0.1) is 0 Å². The van der Waals surface area contributed by atoms with E-state index in [0.29, 0.717) is 22.7 Å². The van der Waals surface area contributed by atoms with Gasteiger partial charge in [-0.25, -0.2) is 0 Å². The van der Waals surface area contributed by atoms with Gasteiger partial charge < -0.3 is 15.4 Å². The Balaban J connectivity index is 1.49. The normalized spacial score (nSPS) is 10.5. The van der Waals surface area contributed by atoms with Crippen molar-refractivity contribution in [1.82, 2.24) is 0 Å². The van der Waals surface area contributed by atoms with Crippen molar-refractivity contribution in [2.75, 3.05) is 17.7 Å². The summed E-state index contributed by atoms with van der Waals surface area (Å²) >= 11 is 0. The zero-order valence-electron chi connectivity index (χ0n) is 18.2. The fraction of sp³-hybridized carbons (Fsp3) is 0.0714. The molecule has 33 heavy (non-hydrogen) atoms. The molecule has 0 bridgehead atoms. The average Bonchev–Trinajstić information content (AvgIpc) is 2.86. The summed E-state index contributed by atoms with van der Waals surface area (Å²) in [6.45, 7) is 0. The Labute approximate surface area is 193 Å². The van der Waals surface area contributed by atoms with Gasteiger partial charge in [-0.2, -0.15) is 0 Å². The molecule has 0 fully saturated rings. The van der Waals surface area contributed by atoms with Gasteiger partial charge in [-0.3, -0.25) is 9.59 Å². The van der Waals surface area contributed by atoms with E-state index < -0.39 is 5.92 Å². The number of carbonyl (C=O) groups excluding carboxylic acids is 2. The van der Waals surface area contributed by atoms with Gasteiger partial charge >= 0.3 is 0 Å². The lowest BCUT2D eigenvalue weighted by Gasteiger charge is -2.18. The Morgan fingerprint density at radius 2 is 1.21 bits per heavy atom. The molecule has 0 radical (unpaired) electrons. The van der Waals surface area contributed by atoms with Gasteiger partial charge in [-0.1, -0.05) is 72.8 Å². The van der Waals surface area contributed by atoms with Crippen LogP contribution in [0.2, 0.25) is 0 Å². The van der Waals surface area contributed by atoms with Crippen molar-refractivity contribution in [3.8, 4) is 5.75 Å². The lowest BCUT2D eigenvalue weighted by atomic mass is 9.90. The van der Waals surface area contributed by atoms with E-state index in [-0.39, 0.29) is 11.8 Å². The minimum absolute atomic E-state index is 0.140. The van der Waals surface area contributed by atoms with Gasteiger partial charge in [0.2, 0.25) is 5.91 Å². The molecule has 0 aliphatic carbocycles. The number of amides is 2. The van der Waals surface area contributed by atoms with Gasteiger partial charge in [0.15, 0.2) is 0 Å². The summed E-state index contributed by atoms with van der Waals surface area (Å²) in [5, 5.41) is 5.83. The molecule has 2 N–H and O–H groups in total. The molecule has 0 spiro atoms. The first-order chi connectivity index (χ1) is 16.2. The Kier molecular flexibility index (Phi) is 6.81. The lowest BCUT2D eigenvalue weighted by Crippen LogP contribution is -2.22. The van der Waals surface area contributed by atoms with Gasteiger partial charge in [0, 0.05) is 11.3 Å². The Hall–Kier alpha value is -4.38. The molecular weight excluding hydrogens is 412 g/mol. The van der Waals surface area contributed by atoms with E-state index in [2.05, 4.69) is 10.6 Å². The summed E-state index contributed by atoms with van der Waals surface area (Å²) in [6.07, 6.45) is 0. The molecule has 5 nitrogen and oxygen atoms in total. The second-order valence-electron chi connectivity index (χ2n) is 7.48. The fourth-order valence-electron chi connectivity index (χ4n) is 3.65. The monoisotopic (exact) mass is 436 g/mol. The predicted molar refractivity (Wildman–Crippen MR) is 131 cm³/mol. The summed E-state index contributed by atoms with van der Waals surface area (Å²) in [5.41, 5.74) is 3.51. The standard InChI is InChI=1S/C28H24N2O3/c1-33-25-15-9-8-14-24(25)30-27(31)22-16-18-23(19-17-22)29-28(32)26(20-10-4-2-5-11-20)21-12-6-3-7-13-21/h2-19,26H,1H3,(H,29,32)(H,30,31). The van der Waals surface area contributed by atoms with Crippen molar-refractivity contribution in [2.45, 2.75) is 5.92 Å². The third kappa shape index (κ3) is 5.28. The van der Waals surface area contributed by atoms with E-state index in [9.17, 15) is 9.59 Å². The van der Waals surface area contributed by atoms with Crippen LogP contribution in [0.5, 0.6) is 5.75 Å². The number of ether oxygens (including phenoxy) is 1. The topological polar surface area (TPSA) is 67.4 Å². The second kappa shape index (κ2) is 10.3. The molecule has 5 heteroatoms. The summed E-state index contributed by atoms with van der Waals surface area (Å²) in [5.74, 6) is -0.258. The lowest BCUT2D eigenvalue weighted by molar-refractivity contribution is -0.116. The molecule has 2 amide bonds. The average molecular weight is 437 g/mol. The minimum Gasteiger partial charge on any atom is -0.495 e. The first kappa shape index (κ1) is 21.8. The molecule has 0 unspecified atom stereocenters. The van der Waals surface area contributed by atoms with Crippen LogP contribution in [0.3, 0.4) is 0 Å². The molecule has 4 aromatic rings. The highest BCUT2D eigenvalue weighted by atomic mass is 16.5. The maximum Gasteiger partial charge on any atom is 0.255 e. The molecule has 0 aromatic heterocycles. The van der Waals surface area contributed by atoms with Gasteiger partial charge in [0.05, 0.1) is 18.7 Å². The SMILES string of the molecule is COc1ccccc1NC(=O)c1ccc(NC(=O)C(c2ccccc2)c2ccccc2)cc1. The van der Waals surface area contributed by atoms with Gasteiger partial charge in [-0.05, 0) is 47.5 Å². The molecule has 0 aliphatic heterocycles. The van der Waals surface area contributed by atoms with Gasteiger partial charge in [0.25, 0.3) is 5.91 Å². The number of rotatable bonds is 7. The first-order valence-corrected chi connectivity index (χ1v) is 10.6. The fourth-order valence-corrected chi connectivity index (χ4v) is 3.65. The highest BCUT2D eigenvalue weighted by molar-refractivity contribution is 6.05. The molecule has 0 saturated carbocycles. The summed E-state index contributed by atoms with van der Waals surface area (Å²) in [4.78, 5) is 25.9. The molecule has 0 aliphatic rings. The molecule has 4 rings (SSSR count). The number of benzene rings is 4. The van der Waals surface area contributed by atoms with Crippen LogP contribution in [-0.4, -0.2) is 18.9 Å². The zero-order valence-corrected chi connectivity index (χ0v) is 18.2. The quantitative estimate of drug-likeness (QED) is 0.389. The predicted octanol–water partition coefficient (Wildman–Crippen LogP) is 5.72. The van der Waals surface area contributed by atoms with E-state index in [1.165, 1.54) is 0 Å². The molecule has 0 atom stereocenters. The van der Waals surface area contributed by atoms with Crippen molar-refractivity contribution < 1.29 is 14.3 Å². The Morgan fingerprint density at radius 1 is 0.667 bits per heavy atom. The number of carbonyl (C=O) groups is 2. The molecule has 164 valence electrons. The van der Waals surface area contributed by atoms with Crippen LogP contribution < -0.4 is 15.4 Å². The first-order valence-electron chi connectivity index (χ1n) is 10.6. The number of hydrogen-bond acceptors (Lipinski definition) is 3. The van der Waals surface area contributed by atoms with Crippen molar-refractivity contribution in [3.63, 3.8) is 0 Å². The summed E-state index contributed by atoms with van der Waals surface area (Å²) < 4.78 is 5.28. The van der Waals surface area contributed by atoms with Gasteiger partial charge in [0.1, 0.15) is 5.75 Å². The number of methoxy groups -OCH3 is 1. The number of hydrogen-bond donors (Lipinski definition) is 2. The smallest absolute Gasteiger partial charge is 0.255 e. The van der Waals surface area contributed by atoms with Crippen LogP contribution in [0.15, 0.2) is 109 Å². The van der Waals surface area contributed by atoms with E-state index in [4.69, 9.17) is 4.74 Å².